The highest BCUT2D eigenvalue weighted by atomic mass is 79.9. The van der Waals surface area contributed by atoms with Gasteiger partial charge in [-0.2, -0.15) is 38.5 Å². The third-order valence-electron chi connectivity index (χ3n) is 28.2. The number of nitrogens with two attached hydrogens (primary N) is 4. The van der Waals surface area contributed by atoms with Crippen LogP contribution in [0.1, 0.15) is 173 Å². The number of Topliss-reactive ketones (excluding diaryl/α,β-unsaturated/α-hetero) is 1. The molecule has 702 valence electrons. The number of aliphatic carboxylic acids is 2. The Hall–Kier alpha value is -13.1. The number of fused-ring (bicyclic) bond motifs is 4. The van der Waals surface area contributed by atoms with Gasteiger partial charge in [-0.05, 0) is 199 Å². The lowest BCUT2D eigenvalue weighted by Gasteiger charge is -2.31. The van der Waals surface area contributed by atoms with Gasteiger partial charge in [-0.1, -0.05) is 146 Å². The molecule has 4 aromatic carbocycles. The molecule has 34 heteroatoms. The first-order chi connectivity index (χ1) is 66.3. The molecule has 4 atom stereocenters. The molecule has 5 aliphatic carbocycles. The Kier molecular flexibility index (Phi) is 27.8. The molecule has 0 saturated heterocycles. The maximum atomic E-state index is 14.7. The SMILES string of the molecule is CC(=O)c1c(C2CCC(C(O)CO)CC2)nc2c(-c3ccc(-c4ccccc4)nc3)cnn2c1N.Nc1c(Br)c(C2CCC(C(O)C(=O)O)CC2)nc2c(-c3ccc(-c4ccccc4)nc3)cnn12.Nc1c(Br)c(C2CCC(C(O)CO)CC2)nc2c(-c3ccc(-c4ccccc4)nc3)cnn12.Nc1c(Br)c(C2CCC3(CC2)CC3(F)C(=O)O)nc2c(-c3ccc(-c4ccccc4)nc3)cnn12. The first kappa shape index (κ1) is 94.3. The van der Waals surface area contributed by atoms with Gasteiger partial charge in [0.1, 0.15) is 23.3 Å². The lowest BCUT2D eigenvalue weighted by Crippen LogP contribution is -2.32. The molecule has 15 N–H and O–H groups in total. The van der Waals surface area contributed by atoms with E-state index in [1.807, 2.05) is 188 Å². The molecule has 5 fully saturated rings. The van der Waals surface area contributed by atoms with E-state index in [1.54, 1.807) is 44.5 Å². The van der Waals surface area contributed by atoms with Crippen LogP contribution in [0.5, 0.6) is 0 Å². The maximum absolute atomic E-state index is 14.7. The summed E-state index contributed by atoms with van der Waals surface area (Å²) in [5, 5.41) is 84.7. The van der Waals surface area contributed by atoms with Crippen molar-refractivity contribution in [3.05, 3.63) is 261 Å². The van der Waals surface area contributed by atoms with Crippen LogP contribution in [0.2, 0.25) is 0 Å². The Bertz CT molecular complexity index is 7060. The van der Waals surface area contributed by atoms with E-state index in [4.69, 9.17) is 48.0 Å². The summed E-state index contributed by atoms with van der Waals surface area (Å²) in [5.74, 6) is -0.534. The topological polar surface area (TPSA) is 469 Å². The monoisotopic (exact) mass is 2030 g/mol. The number of nitrogens with zero attached hydrogens (tertiary/aromatic N) is 16. The Morgan fingerprint density at radius 2 is 0.657 bits per heavy atom. The minimum atomic E-state index is -2.08. The first-order valence-corrected chi connectivity index (χ1v) is 48.3. The summed E-state index contributed by atoms with van der Waals surface area (Å²) in [6.45, 7) is 1.08. The zero-order chi connectivity index (χ0) is 95.7. The molecular formula is C103H102Br3FN20O10. The fraction of sp³-hybridized carbons (Fsp3) is 0.311. The van der Waals surface area contributed by atoms with Gasteiger partial charge in [-0.25, -0.2) is 33.9 Å². The molecule has 0 radical (unpaired) electrons. The molecule has 1 spiro atoms. The summed E-state index contributed by atoms with van der Waals surface area (Å²) >= 11 is 10.8. The van der Waals surface area contributed by atoms with Crippen molar-refractivity contribution in [1.82, 2.24) is 78.3 Å². The smallest absolute Gasteiger partial charge is 0.342 e. The second-order valence-corrected chi connectivity index (χ2v) is 38.6. The van der Waals surface area contributed by atoms with Gasteiger partial charge < -0.3 is 58.7 Å². The number of halogens is 4. The fourth-order valence-electron chi connectivity index (χ4n) is 20.2. The summed E-state index contributed by atoms with van der Waals surface area (Å²) in [6.07, 6.45) is 23.3. The van der Waals surface area contributed by atoms with E-state index < -0.39 is 41.3 Å². The van der Waals surface area contributed by atoms with E-state index in [0.717, 1.165) is 175 Å². The van der Waals surface area contributed by atoms with Crippen molar-refractivity contribution in [2.45, 2.75) is 164 Å². The van der Waals surface area contributed by atoms with Gasteiger partial charge in [-0.3, -0.25) is 24.7 Å². The minimum Gasteiger partial charge on any atom is -0.479 e. The molecule has 30 nitrogen and oxygen atoms in total. The third-order valence-corrected chi connectivity index (χ3v) is 30.6. The van der Waals surface area contributed by atoms with Gasteiger partial charge in [0, 0.05) is 127 Å². The number of ketones is 1. The average Bonchev–Trinajstić information content (AvgIpc) is 1.53. The normalized spacial score (nSPS) is 20.9. The van der Waals surface area contributed by atoms with Crippen molar-refractivity contribution in [1.29, 1.82) is 0 Å². The molecule has 0 amide bonds. The first-order valence-electron chi connectivity index (χ1n) is 45.9. The third kappa shape index (κ3) is 19.0. The Morgan fingerprint density at radius 1 is 0.380 bits per heavy atom. The van der Waals surface area contributed by atoms with Crippen molar-refractivity contribution in [3.63, 3.8) is 0 Å². The largest absolute Gasteiger partial charge is 0.479 e. The van der Waals surface area contributed by atoms with E-state index in [0.29, 0.717) is 98.8 Å². The molecule has 21 rings (SSSR count). The number of carbonyl (C=O) groups is 3. The zero-order valence-electron chi connectivity index (χ0n) is 74.8. The number of carboxylic acid groups (broad SMARTS) is 2. The molecule has 4 unspecified atom stereocenters. The number of carboxylic acids is 2. The Labute approximate surface area is 812 Å². The van der Waals surface area contributed by atoms with Crippen LogP contribution in [0.15, 0.2) is 233 Å². The summed E-state index contributed by atoms with van der Waals surface area (Å²) in [6, 6.07) is 55.9. The van der Waals surface area contributed by atoms with Gasteiger partial charge in [-0.15, -0.1) is 0 Å². The Morgan fingerprint density at radius 3 is 0.920 bits per heavy atom. The molecule has 12 aromatic heterocycles. The van der Waals surface area contributed by atoms with Crippen molar-refractivity contribution in [3.8, 4) is 89.5 Å². The van der Waals surface area contributed by atoms with Gasteiger partial charge in [0.05, 0.1) is 115 Å². The maximum Gasteiger partial charge on any atom is 0.342 e. The highest BCUT2D eigenvalue weighted by Crippen LogP contribution is 2.68. The van der Waals surface area contributed by atoms with Crippen LogP contribution in [0.4, 0.5) is 27.7 Å². The lowest BCUT2D eigenvalue weighted by molar-refractivity contribution is -0.150. The number of aliphatic hydroxyl groups is 5. The van der Waals surface area contributed by atoms with E-state index in [9.17, 15) is 49.4 Å². The van der Waals surface area contributed by atoms with Gasteiger partial charge >= 0.3 is 11.9 Å². The molecular weight excluding hydrogens is 1940 g/mol. The minimum absolute atomic E-state index is 0.0460. The predicted molar refractivity (Wildman–Crippen MR) is 531 cm³/mol. The van der Waals surface area contributed by atoms with Gasteiger partial charge in [0.2, 0.25) is 5.67 Å². The molecule has 5 aliphatic rings. The number of anilines is 4. The van der Waals surface area contributed by atoms with E-state index in [-0.39, 0.29) is 72.7 Å². The number of nitrogen functional groups attached to an aromatic ring is 4. The number of hydrogen-bond acceptors (Lipinski definition) is 24. The second kappa shape index (κ2) is 40.3. The summed E-state index contributed by atoms with van der Waals surface area (Å²) < 4.78 is 23.3. The van der Waals surface area contributed by atoms with Crippen molar-refractivity contribution >= 4 is 111 Å². The predicted octanol–water partition coefficient (Wildman–Crippen LogP) is 18.5. The lowest BCUT2D eigenvalue weighted by atomic mass is 9.76. The van der Waals surface area contributed by atoms with Gasteiger partial charge in [0.15, 0.2) is 34.5 Å². The van der Waals surface area contributed by atoms with E-state index in [2.05, 4.69) is 88.1 Å². The summed E-state index contributed by atoms with van der Waals surface area (Å²) in [4.78, 5) is 73.5. The quantitative estimate of drug-likeness (QED) is 0.0316. The number of alkyl halides is 1. The van der Waals surface area contributed by atoms with E-state index >= 15 is 0 Å². The highest BCUT2D eigenvalue weighted by molar-refractivity contribution is 9.11. The summed E-state index contributed by atoms with van der Waals surface area (Å²) in [7, 11) is 0. The number of hydrogen-bond donors (Lipinski definition) is 11. The van der Waals surface area contributed by atoms with Gasteiger partial charge in [0.25, 0.3) is 0 Å². The second-order valence-electron chi connectivity index (χ2n) is 36.2. The van der Waals surface area contributed by atoms with Crippen molar-refractivity contribution in [2.24, 2.45) is 23.2 Å². The van der Waals surface area contributed by atoms with Crippen LogP contribution in [0.25, 0.3) is 112 Å². The molecule has 12 heterocycles. The molecule has 5 saturated carbocycles. The number of aromatic nitrogens is 16. The highest BCUT2D eigenvalue weighted by Gasteiger charge is 2.74. The standard InChI is InChI=1S/C27H29N5O3.C26H23BrFN5O2.C25H24BrN5O3.C25H26BrN5O2/c1-16(34)24-25(19-9-7-18(8-10-19)23(35)15-33)31-27-21(14-30-32(27)26(24)28)20-11-12-22(29-13-20)17-5-3-2-4-6-17;27-20-21(16-8-10-25(11-9-16)14-26(25,28)24(34)35)32-23-18(13-31-33(23)22(20)29)17-6-7-19(30-12-17)15-4-2-1-3-5-15;26-20-21(15-6-8-16(9-7-15)22(32)25(33)34)30-24-18(13-29-31(24)23(20)27)17-10-11-19(28-12-17)14-4-2-1-3-5-14;26-22-23(17-8-6-16(7-9-17)21(33)14-32)30-25-19(13-29-31(25)24(22)27)18-10-11-20(28-12-18)15-4-2-1-3-5-15/h2-6,11-14,18-19,23,33,35H,7-10,15,28H2,1H3;1-7,12-13,16H,8-11,14,29H2,(H,34,35);1-5,10-13,15-16,22,32H,6-9,27H2,(H,33,34);1-5,10-13,16-17,21,32-33H,6-9,14,27H2. The van der Waals surface area contributed by atoms with Crippen LogP contribution in [0.3, 0.4) is 0 Å². The average molecular weight is 2040 g/mol. The Balaban J connectivity index is 0.000000122. The number of aliphatic hydroxyl groups excluding tert-OH is 5. The molecule has 137 heavy (non-hydrogen) atoms. The zero-order valence-corrected chi connectivity index (χ0v) is 79.6. The number of carbonyl (C=O) groups excluding carboxylic acids is 1. The molecule has 0 bridgehead atoms. The van der Waals surface area contributed by atoms with Crippen LogP contribution in [0, 0.1) is 23.2 Å². The molecule has 16 aromatic rings. The van der Waals surface area contributed by atoms with Crippen molar-refractivity contribution in [2.75, 3.05) is 36.1 Å². The fourth-order valence-corrected chi connectivity index (χ4v) is 21.9. The molecule has 0 aliphatic heterocycles. The van der Waals surface area contributed by atoms with Crippen molar-refractivity contribution < 1.29 is 54.5 Å². The van der Waals surface area contributed by atoms with E-state index in [1.165, 1.54) is 11.4 Å². The van der Waals surface area contributed by atoms with Crippen LogP contribution >= 0.6 is 47.8 Å². The number of benzene rings is 4. The summed E-state index contributed by atoms with van der Waals surface area (Å²) in [5.41, 5.74) is 43.8. The number of rotatable bonds is 20. The van der Waals surface area contributed by atoms with Crippen LogP contribution in [-0.2, 0) is 9.59 Å². The van der Waals surface area contributed by atoms with Crippen LogP contribution < -0.4 is 22.9 Å². The van der Waals surface area contributed by atoms with Crippen LogP contribution in [-0.4, -0.2) is 169 Å². The number of pyridine rings is 4.